The van der Waals surface area contributed by atoms with Crippen molar-refractivity contribution in [3.05, 3.63) is 59.9 Å². The molecular formula is C16H15NO4. The molecule has 0 fully saturated rings. The van der Waals surface area contributed by atoms with Crippen molar-refractivity contribution in [2.45, 2.75) is 6.61 Å². The van der Waals surface area contributed by atoms with Gasteiger partial charge in [0.15, 0.2) is 11.5 Å². The summed E-state index contributed by atoms with van der Waals surface area (Å²) >= 11 is 0. The van der Waals surface area contributed by atoms with Gasteiger partial charge in [-0.3, -0.25) is 4.98 Å². The maximum Gasteiger partial charge on any atom is 0.328 e. The fourth-order valence-electron chi connectivity index (χ4n) is 1.71. The zero-order chi connectivity index (χ0) is 15.1. The van der Waals surface area contributed by atoms with E-state index in [9.17, 15) is 4.79 Å². The first kappa shape index (κ1) is 14.6. The van der Waals surface area contributed by atoms with Gasteiger partial charge in [0.25, 0.3) is 0 Å². The van der Waals surface area contributed by atoms with Gasteiger partial charge in [-0.05, 0) is 35.9 Å². The molecule has 0 amide bonds. The van der Waals surface area contributed by atoms with Gasteiger partial charge in [-0.25, -0.2) is 4.79 Å². The fraction of sp³-hybridized carbons (Fsp3) is 0.125. The molecule has 0 aliphatic rings. The number of benzene rings is 1. The normalized spacial score (nSPS) is 10.5. The summed E-state index contributed by atoms with van der Waals surface area (Å²) in [5, 5.41) is 8.62. The standard InChI is InChI=1S/C16H15NO4/c1-20-15-10-12(6-8-16(18)19)5-7-14(15)21-11-13-4-2-3-9-17-13/h2-10H,11H2,1H3,(H,18,19)/b8-6+. The second-order valence-corrected chi connectivity index (χ2v) is 4.19. The third kappa shape index (κ3) is 4.35. The van der Waals surface area contributed by atoms with E-state index in [0.29, 0.717) is 18.1 Å². The van der Waals surface area contributed by atoms with Gasteiger partial charge in [0.05, 0.1) is 12.8 Å². The van der Waals surface area contributed by atoms with Gasteiger partial charge in [-0.2, -0.15) is 0 Å². The highest BCUT2D eigenvalue weighted by molar-refractivity contribution is 5.85. The van der Waals surface area contributed by atoms with E-state index in [1.54, 1.807) is 24.4 Å². The van der Waals surface area contributed by atoms with Crippen LogP contribution in [0.1, 0.15) is 11.3 Å². The third-order valence-corrected chi connectivity index (χ3v) is 2.71. The molecule has 1 aromatic carbocycles. The van der Waals surface area contributed by atoms with Crippen LogP contribution in [0.4, 0.5) is 0 Å². The molecule has 0 spiro atoms. The number of methoxy groups -OCH3 is 1. The molecule has 0 saturated carbocycles. The van der Waals surface area contributed by atoms with Crippen LogP contribution in [0.5, 0.6) is 11.5 Å². The first-order chi connectivity index (χ1) is 10.2. The number of pyridine rings is 1. The van der Waals surface area contributed by atoms with Crippen LogP contribution in [-0.4, -0.2) is 23.2 Å². The maximum atomic E-state index is 10.5. The van der Waals surface area contributed by atoms with Crippen LogP contribution in [0.3, 0.4) is 0 Å². The van der Waals surface area contributed by atoms with E-state index in [2.05, 4.69) is 4.98 Å². The smallest absolute Gasteiger partial charge is 0.328 e. The molecule has 0 unspecified atom stereocenters. The highest BCUT2D eigenvalue weighted by atomic mass is 16.5. The Hall–Kier alpha value is -2.82. The fourth-order valence-corrected chi connectivity index (χ4v) is 1.71. The largest absolute Gasteiger partial charge is 0.493 e. The first-order valence-electron chi connectivity index (χ1n) is 6.31. The Bertz CT molecular complexity index is 638. The van der Waals surface area contributed by atoms with E-state index >= 15 is 0 Å². The zero-order valence-corrected chi connectivity index (χ0v) is 11.5. The van der Waals surface area contributed by atoms with Gasteiger partial charge >= 0.3 is 5.97 Å². The molecule has 0 aliphatic heterocycles. The summed E-state index contributed by atoms with van der Waals surface area (Å²) in [5.74, 6) is 0.124. The predicted octanol–water partition coefficient (Wildman–Crippen LogP) is 2.77. The molecule has 2 aromatic rings. The van der Waals surface area contributed by atoms with Crippen molar-refractivity contribution in [1.82, 2.24) is 4.98 Å². The number of rotatable bonds is 6. The van der Waals surface area contributed by atoms with Crippen LogP contribution in [0.25, 0.3) is 6.08 Å². The lowest BCUT2D eigenvalue weighted by atomic mass is 10.2. The lowest BCUT2D eigenvalue weighted by Gasteiger charge is -2.11. The molecule has 0 saturated heterocycles. The Kier molecular flexibility index (Phi) is 4.93. The second-order valence-electron chi connectivity index (χ2n) is 4.19. The quantitative estimate of drug-likeness (QED) is 0.826. The number of carboxylic acid groups (broad SMARTS) is 1. The molecule has 0 aliphatic carbocycles. The minimum absolute atomic E-state index is 0.335. The number of hydrogen-bond donors (Lipinski definition) is 1. The first-order valence-corrected chi connectivity index (χ1v) is 6.31. The van der Waals surface area contributed by atoms with Crippen LogP contribution >= 0.6 is 0 Å². The third-order valence-electron chi connectivity index (χ3n) is 2.71. The van der Waals surface area contributed by atoms with Gasteiger partial charge in [-0.15, -0.1) is 0 Å². The van der Waals surface area contributed by atoms with Crippen molar-refractivity contribution < 1.29 is 19.4 Å². The lowest BCUT2D eigenvalue weighted by molar-refractivity contribution is -0.131. The maximum absolute atomic E-state index is 10.5. The van der Waals surface area contributed by atoms with Gasteiger partial charge in [0.2, 0.25) is 0 Å². The van der Waals surface area contributed by atoms with E-state index in [4.69, 9.17) is 14.6 Å². The van der Waals surface area contributed by atoms with Crippen molar-refractivity contribution in [2.75, 3.05) is 7.11 Å². The average Bonchev–Trinajstić information content (AvgIpc) is 2.52. The minimum atomic E-state index is -0.996. The van der Waals surface area contributed by atoms with Crippen LogP contribution in [0.15, 0.2) is 48.7 Å². The second kappa shape index (κ2) is 7.09. The topological polar surface area (TPSA) is 68.7 Å². The summed E-state index contributed by atoms with van der Waals surface area (Å²) in [7, 11) is 1.54. The number of nitrogens with zero attached hydrogens (tertiary/aromatic N) is 1. The highest BCUT2D eigenvalue weighted by Gasteiger charge is 2.05. The van der Waals surface area contributed by atoms with Crippen molar-refractivity contribution >= 4 is 12.0 Å². The van der Waals surface area contributed by atoms with Crippen LogP contribution < -0.4 is 9.47 Å². The monoisotopic (exact) mass is 285 g/mol. The van der Waals surface area contributed by atoms with Crippen molar-refractivity contribution in [3.63, 3.8) is 0 Å². The van der Waals surface area contributed by atoms with Crippen LogP contribution in [0, 0.1) is 0 Å². The molecule has 0 radical (unpaired) electrons. The lowest BCUT2D eigenvalue weighted by Crippen LogP contribution is -1.99. The molecule has 0 atom stereocenters. The van der Waals surface area contributed by atoms with Gasteiger partial charge < -0.3 is 14.6 Å². The van der Waals surface area contributed by atoms with Crippen molar-refractivity contribution in [1.29, 1.82) is 0 Å². The predicted molar refractivity (Wildman–Crippen MR) is 78.2 cm³/mol. The molecule has 21 heavy (non-hydrogen) atoms. The van der Waals surface area contributed by atoms with Crippen LogP contribution in [-0.2, 0) is 11.4 Å². The summed E-state index contributed by atoms with van der Waals surface area (Å²) in [4.78, 5) is 14.7. The zero-order valence-electron chi connectivity index (χ0n) is 11.5. The summed E-state index contributed by atoms with van der Waals surface area (Å²) < 4.78 is 10.9. The average molecular weight is 285 g/mol. The van der Waals surface area contributed by atoms with Gasteiger partial charge in [-0.1, -0.05) is 12.1 Å². The molecule has 1 N–H and O–H groups in total. The molecule has 0 bridgehead atoms. The molecule has 108 valence electrons. The molecule has 5 heteroatoms. The molecule has 5 nitrogen and oxygen atoms in total. The number of carboxylic acids is 1. The Morgan fingerprint density at radius 3 is 2.81 bits per heavy atom. The summed E-state index contributed by atoms with van der Waals surface area (Å²) in [6.07, 6.45) is 4.27. The van der Waals surface area contributed by atoms with E-state index in [1.165, 1.54) is 13.2 Å². The van der Waals surface area contributed by atoms with Crippen molar-refractivity contribution in [2.24, 2.45) is 0 Å². The SMILES string of the molecule is COc1cc(/C=C/C(=O)O)ccc1OCc1ccccn1. The summed E-state index contributed by atoms with van der Waals surface area (Å²) in [5.41, 5.74) is 1.54. The Labute approximate surface area is 122 Å². The molecule has 1 heterocycles. The Balaban J connectivity index is 2.11. The number of ether oxygens (including phenoxy) is 2. The number of hydrogen-bond acceptors (Lipinski definition) is 4. The Morgan fingerprint density at radius 1 is 1.29 bits per heavy atom. The van der Waals surface area contributed by atoms with Gasteiger partial charge in [0, 0.05) is 12.3 Å². The molecule has 2 rings (SSSR count). The summed E-state index contributed by atoms with van der Waals surface area (Å²) in [6, 6.07) is 10.8. The Morgan fingerprint density at radius 2 is 2.14 bits per heavy atom. The van der Waals surface area contributed by atoms with Gasteiger partial charge in [0.1, 0.15) is 6.61 Å². The van der Waals surface area contributed by atoms with E-state index in [0.717, 1.165) is 17.3 Å². The van der Waals surface area contributed by atoms with Crippen molar-refractivity contribution in [3.8, 4) is 11.5 Å². The number of carbonyl (C=O) groups is 1. The van der Waals surface area contributed by atoms with Crippen LogP contribution in [0.2, 0.25) is 0 Å². The molecular weight excluding hydrogens is 270 g/mol. The highest BCUT2D eigenvalue weighted by Crippen LogP contribution is 2.29. The number of aromatic nitrogens is 1. The van der Waals surface area contributed by atoms with E-state index in [1.807, 2.05) is 18.2 Å². The minimum Gasteiger partial charge on any atom is -0.493 e. The van der Waals surface area contributed by atoms with E-state index < -0.39 is 5.97 Å². The summed E-state index contributed by atoms with van der Waals surface area (Å²) in [6.45, 7) is 0.335. The number of aliphatic carboxylic acids is 1. The van der Waals surface area contributed by atoms with E-state index in [-0.39, 0.29) is 0 Å². The molecule has 1 aromatic heterocycles.